The van der Waals surface area contributed by atoms with Crippen molar-refractivity contribution in [1.29, 1.82) is 0 Å². The Hall–Kier alpha value is -0.870. The van der Waals surface area contributed by atoms with Crippen molar-refractivity contribution in [3.05, 3.63) is 18.0 Å². The van der Waals surface area contributed by atoms with Crippen molar-refractivity contribution in [2.24, 2.45) is 23.9 Å². The number of hydrogen-bond acceptors (Lipinski definition) is 4. The van der Waals surface area contributed by atoms with Crippen LogP contribution in [-0.4, -0.2) is 85.6 Å². The van der Waals surface area contributed by atoms with Gasteiger partial charge in [0.15, 0.2) is 5.96 Å². The average molecular weight is 504 g/mol. The van der Waals surface area contributed by atoms with Gasteiger partial charge < -0.3 is 19.9 Å². The average Bonchev–Trinajstić information content (AvgIpc) is 3.31. The predicted molar refractivity (Wildman–Crippen MR) is 124 cm³/mol. The van der Waals surface area contributed by atoms with Gasteiger partial charge in [-0.2, -0.15) is 5.10 Å². The van der Waals surface area contributed by atoms with Gasteiger partial charge in [0, 0.05) is 53.6 Å². The molecule has 1 atom stereocenters. The van der Waals surface area contributed by atoms with Crippen molar-refractivity contribution in [1.82, 2.24) is 24.9 Å². The fourth-order valence-corrected chi connectivity index (χ4v) is 4.30. The van der Waals surface area contributed by atoms with Crippen molar-refractivity contribution >= 4 is 29.9 Å². The molecule has 8 heteroatoms. The molecule has 0 saturated carbocycles. The summed E-state index contributed by atoms with van der Waals surface area (Å²) in [4.78, 5) is 9.48. The van der Waals surface area contributed by atoms with E-state index < -0.39 is 0 Å². The van der Waals surface area contributed by atoms with Crippen LogP contribution in [0.5, 0.6) is 0 Å². The van der Waals surface area contributed by atoms with E-state index in [1.165, 1.54) is 37.9 Å². The molecule has 0 spiro atoms. The maximum absolute atomic E-state index is 5.19. The lowest BCUT2D eigenvalue weighted by atomic mass is 9.97. The van der Waals surface area contributed by atoms with Crippen LogP contribution in [0, 0.1) is 11.8 Å². The smallest absolute Gasteiger partial charge is 0.193 e. The lowest BCUT2D eigenvalue weighted by Gasteiger charge is -2.32. The molecule has 3 rings (SSSR count). The Morgan fingerprint density at radius 2 is 2.00 bits per heavy atom. The second-order valence-electron chi connectivity index (χ2n) is 8.03. The Bertz CT molecular complexity index is 599. The van der Waals surface area contributed by atoms with Gasteiger partial charge in [-0.15, -0.1) is 24.0 Å². The van der Waals surface area contributed by atoms with Gasteiger partial charge in [0.05, 0.1) is 12.8 Å². The minimum Gasteiger partial charge on any atom is -0.383 e. The summed E-state index contributed by atoms with van der Waals surface area (Å²) in [5.41, 5.74) is 1.34. The van der Waals surface area contributed by atoms with Crippen LogP contribution in [-0.2, 0) is 18.2 Å². The van der Waals surface area contributed by atoms with Crippen LogP contribution in [0.25, 0.3) is 0 Å². The predicted octanol–water partition coefficient (Wildman–Crippen LogP) is 1.84. The summed E-state index contributed by atoms with van der Waals surface area (Å²) in [7, 11) is 5.67. The monoisotopic (exact) mass is 504 g/mol. The molecule has 2 aliphatic rings. The van der Waals surface area contributed by atoms with Gasteiger partial charge in [0.1, 0.15) is 0 Å². The summed E-state index contributed by atoms with van der Waals surface area (Å²) in [6.07, 6.45) is 8.99. The first kappa shape index (κ1) is 23.4. The van der Waals surface area contributed by atoms with Gasteiger partial charge in [-0.25, -0.2) is 0 Å². The number of hydrogen-bond donors (Lipinski definition) is 1. The van der Waals surface area contributed by atoms with E-state index in [1.54, 1.807) is 7.11 Å². The summed E-state index contributed by atoms with van der Waals surface area (Å²) in [5, 5.41) is 7.93. The SMILES string of the molecule is CN=C(NCC1CCN(CCOC)CC1)N1CCC(Cc2cnn(C)c2)C1.I. The van der Waals surface area contributed by atoms with Crippen LogP contribution >= 0.6 is 24.0 Å². The van der Waals surface area contributed by atoms with Gasteiger partial charge in [0.25, 0.3) is 0 Å². The molecule has 0 amide bonds. The molecule has 2 aliphatic heterocycles. The first-order valence-corrected chi connectivity index (χ1v) is 10.3. The van der Waals surface area contributed by atoms with Crippen molar-refractivity contribution in [2.45, 2.75) is 25.7 Å². The van der Waals surface area contributed by atoms with Crippen LogP contribution in [0.2, 0.25) is 0 Å². The highest BCUT2D eigenvalue weighted by molar-refractivity contribution is 14.0. The first-order chi connectivity index (χ1) is 13.2. The third-order valence-electron chi connectivity index (χ3n) is 5.95. The fourth-order valence-electron chi connectivity index (χ4n) is 4.30. The molecule has 0 aromatic carbocycles. The molecule has 1 N–H and O–H groups in total. The lowest BCUT2D eigenvalue weighted by Crippen LogP contribution is -2.44. The molecule has 2 saturated heterocycles. The Morgan fingerprint density at radius 1 is 1.25 bits per heavy atom. The van der Waals surface area contributed by atoms with Crippen LogP contribution in [0.3, 0.4) is 0 Å². The normalized spacial score (nSPS) is 21.8. The molecule has 0 aliphatic carbocycles. The zero-order valence-corrected chi connectivity index (χ0v) is 20.0. The maximum atomic E-state index is 5.19. The van der Waals surface area contributed by atoms with Crippen LogP contribution in [0.15, 0.2) is 17.4 Å². The molecular formula is C20H37IN6O. The number of rotatable bonds is 7. The van der Waals surface area contributed by atoms with Crippen molar-refractivity contribution < 1.29 is 4.74 Å². The van der Waals surface area contributed by atoms with E-state index >= 15 is 0 Å². The quantitative estimate of drug-likeness (QED) is 0.349. The molecule has 1 unspecified atom stereocenters. The molecular weight excluding hydrogens is 467 g/mol. The number of nitrogens with one attached hydrogen (secondary N) is 1. The molecule has 3 heterocycles. The number of nitrogens with zero attached hydrogens (tertiary/aromatic N) is 5. The van der Waals surface area contributed by atoms with Crippen molar-refractivity contribution in [3.8, 4) is 0 Å². The van der Waals surface area contributed by atoms with E-state index in [1.807, 2.05) is 25.0 Å². The molecule has 2 fully saturated rings. The van der Waals surface area contributed by atoms with Crippen molar-refractivity contribution in [2.75, 3.05) is 60.0 Å². The molecule has 0 bridgehead atoms. The van der Waals surface area contributed by atoms with E-state index in [-0.39, 0.29) is 24.0 Å². The summed E-state index contributed by atoms with van der Waals surface area (Å²) in [5.74, 6) is 2.51. The number of guanidine groups is 1. The lowest BCUT2D eigenvalue weighted by molar-refractivity contribution is 0.120. The second kappa shape index (κ2) is 12.0. The van der Waals surface area contributed by atoms with Crippen LogP contribution < -0.4 is 5.32 Å². The highest BCUT2D eigenvalue weighted by Gasteiger charge is 2.26. The zero-order valence-electron chi connectivity index (χ0n) is 17.6. The number of piperidine rings is 1. The molecule has 28 heavy (non-hydrogen) atoms. The number of aliphatic imine (C=N–C) groups is 1. The van der Waals surface area contributed by atoms with Crippen molar-refractivity contribution in [3.63, 3.8) is 0 Å². The number of ether oxygens (including phenoxy) is 1. The largest absolute Gasteiger partial charge is 0.383 e. The van der Waals surface area contributed by atoms with Gasteiger partial charge in [-0.1, -0.05) is 0 Å². The Labute approximate surface area is 186 Å². The number of halogens is 1. The summed E-state index contributed by atoms with van der Waals surface area (Å²) in [6.45, 7) is 7.49. The molecule has 7 nitrogen and oxygen atoms in total. The maximum Gasteiger partial charge on any atom is 0.193 e. The van der Waals surface area contributed by atoms with E-state index in [0.717, 1.165) is 51.1 Å². The van der Waals surface area contributed by atoms with Crippen LogP contribution in [0.4, 0.5) is 0 Å². The van der Waals surface area contributed by atoms with Gasteiger partial charge in [-0.05, 0) is 56.2 Å². The first-order valence-electron chi connectivity index (χ1n) is 10.3. The molecule has 160 valence electrons. The summed E-state index contributed by atoms with van der Waals surface area (Å²) in [6, 6.07) is 0. The van der Waals surface area contributed by atoms with E-state index in [9.17, 15) is 0 Å². The molecule has 1 aromatic rings. The minimum absolute atomic E-state index is 0. The standard InChI is InChI=1S/C20H36N6O.HI/c1-21-20(22-13-17-4-7-25(8-5-17)10-11-27-3)26-9-6-18(16-26)12-19-14-23-24(2)15-19;/h14-15,17-18H,4-13,16H2,1-3H3,(H,21,22);1H. The number of methoxy groups -OCH3 is 1. The highest BCUT2D eigenvalue weighted by atomic mass is 127. The summed E-state index contributed by atoms with van der Waals surface area (Å²) < 4.78 is 7.08. The number of aryl methyl sites for hydroxylation is 1. The van der Waals surface area contributed by atoms with Gasteiger partial charge >= 0.3 is 0 Å². The molecule has 1 aromatic heterocycles. The Kier molecular flexibility index (Phi) is 10.0. The van der Waals surface area contributed by atoms with Gasteiger partial charge in [0.2, 0.25) is 0 Å². The minimum atomic E-state index is 0. The van der Waals surface area contributed by atoms with E-state index in [0.29, 0.717) is 5.92 Å². The summed E-state index contributed by atoms with van der Waals surface area (Å²) >= 11 is 0. The zero-order chi connectivity index (χ0) is 19.1. The Morgan fingerprint density at radius 3 is 2.64 bits per heavy atom. The third kappa shape index (κ3) is 6.88. The Balaban J connectivity index is 0.00000280. The second-order valence-corrected chi connectivity index (χ2v) is 8.03. The number of aromatic nitrogens is 2. The highest BCUT2D eigenvalue weighted by Crippen LogP contribution is 2.21. The van der Waals surface area contributed by atoms with Crippen LogP contribution in [0.1, 0.15) is 24.8 Å². The third-order valence-corrected chi connectivity index (χ3v) is 5.95. The number of likely N-dealkylation sites (tertiary alicyclic amines) is 2. The van der Waals surface area contributed by atoms with E-state index in [4.69, 9.17) is 4.74 Å². The van der Waals surface area contributed by atoms with E-state index in [2.05, 4.69) is 31.4 Å². The molecule has 0 radical (unpaired) electrons. The topological polar surface area (TPSA) is 57.9 Å². The van der Waals surface area contributed by atoms with Gasteiger partial charge in [-0.3, -0.25) is 9.67 Å². The fraction of sp³-hybridized carbons (Fsp3) is 0.800.